The molecule has 0 bridgehead atoms. The minimum atomic E-state index is -4.31. The lowest BCUT2D eigenvalue weighted by atomic mass is 10.0. The predicted octanol–water partition coefficient (Wildman–Crippen LogP) is 3.08. The third-order valence-corrected chi connectivity index (χ3v) is 2.29. The zero-order valence-electron chi connectivity index (χ0n) is 9.95. The van der Waals surface area contributed by atoms with Crippen molar-refractivity contribution >= 4 is 12.4 Å². The summed E-state index contributed by atoms with van der Waals surface area (Å²) in [5.74, 6) is 0.765. The Morgan fingerprint density at radius 3 is 2.28 bits per heavy atom. The van der Waals surface area contributed by atoms with Crippen LogP contribution in [0.3, 0.4) is 0 Å². The van der Waals surface area contributed by atoms with E-state index >= 15 is 0 Å². The molecule has 0 saturated carbocycles. The molecule has 1 rings (SSSR count). The molecule has 0 aliphatic rings. The molecule has 0 aliphatic carbocycles. The summed E-state index contributed by atoms with van der Waals surface area (Å²) in [6.45, 7) is 0. The molecule has 1 atom stereocenters. The molecule has 2 N–H and O–H groups in total. The number of nitrogens with two attached hydrogens (primary N) is 1. The van der Waals surface area contributed by atoms with Crippen molar-refractivity contribution in [3.8, 4) is 11.5 Å². The van der Waals surface area contributed by atoms with E-state index < -0.39 is 18.6 Å². The Labute approximate surface area is 109 Å². The zero-order chi connectivity index (χ0) is 13.1. The third kappa shape index (κ3) is 4.62. The van der Waals surface area contributed by atoms with Gasteiger partial charge in [-0.1, -0.05) is 0 Å². The maximum atomic E-state index is 12.3. The highest BCUT2D eigenvalue weighted by Crippen LogP contribution is 2.34. The van der Waals surface area contributed by atoms with Gasteiger partial charge in [-0.05, 0) is 18.2 Å². The zero-order valence-corrected chi connectivity index (χ0v) is 10.8. The second-order valence-electron chi connectivity index (χ2n) is 3.53. The van der Waals surface area contributed by atoms with E-state index in [4.69, 9.17) is 15.2 Å². The number of ether oxygens (including phenoxy) is 2. The first-order valence-electron chi connectivity index (χ1n) is 4.91. The summed E-state index contributed by atoms with van der Waals surface area (Å²) < 4.78 is 46.7. The van der Waals surface area contributed by atoms with E-state index in [9.17, 15) is 13.2 Å². The molecular formula is C11H15ClF3NO2. The Kier molecular flexibility index (Phi) is 6.28. The molecule has 7 heteroatoms. The van der Waals surface area contributed by atoms with E-state index in [0.717, 1.165) is 0 Å². The molecule has 0 heterocycles. The summed E-state index contributed by atoms with van der Waals surface area (Å²) in [4.78, 5) is 0. The molecule has 0 saturated heterocycles. The Morgan fingerprint density at radius 1 is 1.22 bits per heavy atom. The second kappa shape index (κ2) is 6.70. The largest absolute Gasteiger partial charge is 0.497 e. The Hall–Kier alpha value is -1.14. The topological polar surface area (TPSA) is 44.5 Å². The van der Waals surface area contributed by atoms with Crippen molar-refractivity contribution < 1.29 is 22.6 Å². The smallest absolute Gasteiger partial charge is 0.390 e. The summed E-state index contributed by atoms with van der Waals surface area (Å²) in [5, 5.41) is 0. The van der Waals surface area contributed by atoms with Crippen molar-refractivity contribution in [2.24, 2.45) is 5.73 Å². The van der Waals surface area contributed by atoms with Gasteiger partial charge >= 0.3 is 6.18 Å². The summed E-state index contributed by atoms with van der Waals surface area (Å²) in [6, 6.07) is 3.42. The van der Waals surface area contributed by atoms with E-state index in [1.165, 1.54) is 26.4 Å². The summed E-state index contributed by atoms with van der Waals surface area (Å²) in [6.07, 6.45) is -5.41. The highest BCUT2D eigenvalue weighted by atomic mass is 35.5. The first-order chi connectivity index (χ1) is 7.87. The summed E-state index contributed by atoms with van der Waals surface area (Å²) in [7, 11) is 2.81. The van der Waals surface area contributed by atoms with Crippen LogP contribution in [0.4, 0.5) is 13.2 Å². The quantitative estimate of drug-likeness (QED) is 0.924. The van der Waals surface area contributed by atoms with Crippen molar-refractivity contribution in [3.63, 3.8) is 0 Å². The van der Waals surface area contributed by atoms with Gasteiger partial charge in [0.05, 0.1) is 20.6 Å². The number of hydrogen-bond acceptors (Lipinski definition) is 3. The van der Waals surface area contributed by atoms with Gasteiger partial charge < -0.3 is 15.2 Å². The van der Waals surface area contributed by atoms with Crippen LogP contribution in [-0.2, 0) is 0 Å². The number of rotatable bonds is 4. The molecule has 1 aromatic rings. The van der Waals surface area contributed by atoms with E-state index in [2.05, 4.69) is 0 Å². The minimum Gasteiger partial charge on any atom is -0.497 e. The highest BCUT2D eigenvalue weighted by Gasteiger charge is 2.32. The van der Waals surface area contributed by atoms with Gasteiger partial charge in [0.25, 0.3) is 0 Å². The fraction of sp³-hybridized carbons (Fsp3) is 0.455. The molecule has 18 heavy (non-hydrogen) atoms. The van der Waals surface area contributed by atoms with Crippen molar-refractivity contribution in [1.82, 2.24) is 0 Å². The second-order valence-corrected chi connectivity index (χ2v) is 3.53. The summed E-state index contributed by atoms with van der Waals surface area (Å²) >= 11 is 0. The van der Waals surface area contributed by atoms with Gasteiger partial charge in [0.1, 0.15) is 11.5 Å². The monoisotopic (exact) mass is 285 g/mol. The number of methoxy groups -OCH3 is 2. The molecule has 0 aromatic heterocycles. The van der Waals surface area contributed by atoms with Crippen molar-refractivity contribution in [2.75, 3.05) is 14.2 Å². The van der Waals surface area contributed by atoms with Crippen LogP contribution in [-0.4, -0.2) is 20.4 Å². The molecular weight excluding hydrogens is 271 g/mol. The SMILES string of the molecule is COc1ccc(OC)c([C@H](N)CC(F)(F)F)c1.Cl. The standard InChI is InChI=1S/C11H14F3NO2.ClH/c1-16-7-3-4-10(17-2)8(5-7)9(15)6-11(12,13)14;/h3-5,9H,6,15H2,1-2H3;1H/t9-;/m1./s1. The Balaban J connectivity index is 0.00000289. The lowest BCUT2D eigenvalue weighted by Gasteiger charge is -2.18. The van der Waals surface area contributed by atoms with Crippen LogP contribution in [0.25, 0.3) is 0 Å². The van der Waals surface area contributed by atoms with Gasteiger partial charge in [-0.15, -0.1) is 12.4 Å². The Bertz CT molecular complexity index is 385. The van der Waals surface area contributed by atoms with E-state index in [1.54, 1.807) is 6.07 Å². The number of hydrogen-bond donors (Lipinski definition) is 1. The van der Waals surface area contributed by atoms with Crippen LogP contribution in [0.1, 0.15) is 18.0 Å². The van der Waals surface area contributed by atoms with Gasteiger partial charge in [0.15, 0.2) is 0 Å². The van der Waals surface area contributed by atoms with Gasteiger partial charge in [-0.25, -0.2) is 0 Å². The summed E-state index contributed by atoms with van der Waals surface area (Å²) in [5.41, 5.74) is 5.81. The van der Waals surface area contributed by atoms with Crippen LogP contribution in [0.5, 0.6) is 11.5 Å². The molecule has 104 valence electrons. The molecule has 0 amide bonds. The number of benzene rings is 1. The molecule has 3 nitrogen and oxygen atoms in total. The molecule has 0 aliphatic heterocycles. The van der Waals surface area contributed by atoms with Crippen LogP contribution in [0.2, 0.25) is 0 Å². The van der Waals surface area contributed by atoms with E-state index in [1.807, 2.05) is 0 Å². The van der Waals surface area contributed by atoms with Crippen LogP contribution in [0, 0.1) is 0 Å². The first-order valence-corrected chi connectivity index (χ1v) is 4.91. The predicted molar refractivity (Wildman–Crippen MR) is 64.4 cm³/mol. The molecule has 0 fully saturated rings. The normalized spacial score (nSPS) is 12.6. The van der Waals surface area contributed by atoms with Gasteiger partial charge in [0, 0.05) is 11.6 Å². The van der Waals surface area contributed by atoms with Crippen LogP contribution >= 0.6 is 12.4 Å². The van der Waals surface area contributed by atoms with Gasteiger partial charge in [-0.3, -0.25) is 0 Å². The minimum absolute atomic E-state index is 0. The van der Waals surface area contributed by atoms with Crippen LogP contribution < -0.4 is 15.2 Å². The fourth-order valence-electron chi connectivity index (χ4n) is 1.49. The van der Waals surface area contributed by atoms with Crippen molar-refractivity contribution in [3.05, 3.63) is 23.8 Å². The highest BCUT2D eigenvalue weighted by molar-refractivity contribution is 5.85. The Morgan fingerprint density at radius 2 is 1.83 bits per heavy atom. The molecule has 0 spiro atoms. The maximum absolute atomic E-state index is 12.3. The van der Waals surface area contributed by atoms with Gasteiger partial charge in [0.2, 0.25) is 0 Å². The third-order valence-electron chi connectivity index (χ3n) is 2.29. The lowest BCUT2D eigenvalue weighted by molar-refractivity contribution is -0.138. The average Bonchev–Trinajstić information content (AvgIpc) is 2.25. The number of alkyl halides is 3. The lowest BCUT2D eigenvalue weighted by Crippen LogP contribution is -2.20. The number of halogens is 4. The van der Waals surface area contributed by atoms with Crippen molar-refractivity contribution in [1.29, 1.82) is 0 Å². The first kappa shape index (κ1) is 16.9. The maximum Gasteiger partial charge on any atom is 0.390 e. The van der Waals surface area contributed by atoms with Gasteiger partial charge in [-0.2, -0.15) is 13.2 Å². The van der Waals surface area contributed by atoms with Crippen molar-refractivity contribution in [2.45, 2.75) is 18.6 Å². The van der Waals surface area contributed by atoms with Crippen LogP contribution in [0.15, 0.2) is 18.2 Å². The molecule has 0 radical (unpaired) electrons. The van der Waals surface area contributed by atoms with E-state index in [0.29, 0.717) is 11.5 Å². The molecule has 1 aromatic carbocycles. The fourth-order valence-corrected chi connectivity index (χ4v) is 1.49. The molecule has 0 unspecified atom stereocenters. The average molecular weight is 286 g/mol. The van der Waals surface area contributed by atoms with E-state index in [-0.39, 0.29) is 18.0 Å².